The molecule has 1 unspecified atom stereocenters. The number of carboxylic acids is 1. The summed E-state index contributed by atoms with van der Waals surface area (Å²) in [4.78, 5) is 22.5. The highest BCUT2D eigenvalue weighted by atomic mass is 16.4. The number of aliphatic carboxylic acids is 1. The second-order valence-electron chi connectivity index (χ2n) is 3.96. The smallest absolute Gasteiger partial charge is 0.308 e. The lowest BCUT2D eigenvalue weighted by molar-refractivity contribution is -0.141. The Bertz CT molecular complexity index is 426. The lowest BCUT2D eigenvalue weighted by Crippen LogP contribution is -2.32. The molecule has 0 saturated heterocycles. The summed E-state index contributed by atoms with van der Waals surface area (Å²) >= 11 is 0. The van der Waals surface area contributed by atoms with Crippen LogP contribution < -0.4 is 5.32 Å². The van der Waals surface area contributed by atoms with Gasteiger partial charge in [0, 0.05) is 19.8 Å². The van der Waals surface area contributed by atoms with E-state index in [2.05, 4.69) is 10.4 Å². The van der Waals surface area contributed by atoms with E-state index in [4.69, 9.17) is 5.11 Å². The second-order valence-corrected chi connectivity index (χ2v) is 3.96. The molecular weight excluding hydrogens is 222 g/mol. The zero-order chi connectivity index (χ0) is 13.0. The molecule has 1 aromatic rings. The fraction of sp³-hybridized carbons (Fsp3) is 0.545. The van der Waals surface area contributed by atoms with E-state index in [0.717, 1.165) is 0 Å². The van der Waals surface area contributed by atoms with Gasteiger partial charge in [-0.1, -0.05) is 6.92 Å². The third-order valence-corrected chi connectivity index (χ3v) is 2.61. The van der Waals surface area contributed by atoms with E-state index in [-0.39, 0.29) is 12.5 Å². The van der Waals surface area contributed by atoms with E-state index in [9.17, 15) is 9.59 Å². The van der Waals surface area contributed by atoms with Gasteiger partial charge in [-0.15, -0.1) is 0 Å². The molecule has 6 heteroatoms. The van der Waals surface area contributed by atoms with Crippen molar-refractivity contribution in [1.29, 1.82) is 0 Å². The molecule has 1 heterocycles. The van der Waals surface area contributed by atoms with Crippen molar-refractivity contribution in [1.82, 2.24) is 15.1 Å². The summed E-state index contributed by atoms with van der Waals surface area (Å²) in [7, 11) is 1.73. The van der Waals surface area contributed by atoms with E-state index in [1.54, 1.807) is 31.8 Å². The Hall–Kier alpha value is -1.85. The quantitative estimate of drug-likeness (QED) is 0.786. The number of amides is 1. The lowest BCUT2D eigenvalue weighted by Gasteiger charge is -2.10. The van der Waals surface area contributed by atoms with Crippen molar-refractivity contribution >= 4 is 11.9 Å². The molecule has 0 aromatic carbocycles. The minimum Gasteiger partial charge on any atom is -0.481 e. The van der Waals surface area contributed by atoms with E-state index < -0.39 is 11.9 Å². The first-order valence-corrected chi connectivity index (χ1v) is 5.47. The third kappa shape index (κ3) is 3.30. The highest BCUT2D eigenvalue weighted by molar-refractivity contribution is 5.95. The van der Waals surface area contributed by atoms with Crippen molar-refractivity contribution in [2.24, 2.45) is 13.0 Å². The van der Waals surface area contributed by atoms with Crippen LogP contribution in [0.3, 0.4) is 0 Å². The standard InChI is InChI=1S/C11H17N3O3/c1-4-8(11(16)17)5-12-10(15)9-6-14(3)13-7(9)2/h6,8H,4-5H2,1-3H3,(H,12,15)(H,16,17). The number of aromatic nitrogens is 2. The largest absolute Gasteiger partial charge is 0.481 e. The molecule has 6 nitrogen and oxygen atoms in total. The first-order valence-electron chi connectivity index (χ1n) is 5.47. The maximum Gasteiger partial charge on any atom is 0.308 e. The Morgan fingerprint density at radius 1 is 1.59 bits per heavy atom. The van der Waals surface area contributed by atoms with Crippen LogP contribution in [0.25, 0.3) is 0 Å². The first-order chi connectivity index (χ1) is 7.95. The number of hydrogen-bond donors (Lipinski definition) is 2. The van der Waals surface area contributed by atoms with Gasteiger partial charge in [0.2, 0.25) is 0 Å². The summed E-state index contributed by atoms with van der Waals surface area (Å²) in [6, 6.07) is 0. The SMILES string of the molecule is CCC(CNC(=O)c1cn(C)nc1C)C(=O)O. The van der Waals surface area contributed by atoms with Gasteiger partial charge in [0.05, 0.1) is 17.2 Å². The topological polar surface area (TPSA) is 84.2 Å². The maximum atomic E-state index is 11.8. The molecule has 1 aromatic heterocycles. The van der Waals surface area contributed by atoms with E-state index in [1.807, 2.05) is 0 Å². The summed E-state index contributed by atoms with van der Waals surface area (Å²) in [6.07, 6.45) is 2.11. The second kappa shape index (κ2) is 5.47. The Balaban J connectivity index is 2.61. The van der Waals surface area contributed by atoms with Crippen LogP contribution >= 0.6 is 0 Å². The third-order valence-electron chi connectivity index (χ3n) is 2.61. The van der Waals surface area contributed by atoms with Crippen molar-refractivity contribution in [3.63, 3.8) is 0 Å². The van der Waals surface area contributed by atoms with Crippen molar-refractivity contribution in [3.05, 3.63) is 17.5 Å². The van der Waals surface area contributed by atoms with Gasteiger partial charge in [-0.05, 0) is 13.3 Å². The van der Waals surface area contributed by atoms with Crippen molar-refractivity contribution in [2.45, 2.75) is 20.3 Å². The van der Waals surface area contributed by atoms with Gasteiger partial charge in [-0.25, -0.2) is 0 Å². The minimum absolute atomic E-state index is 0.138. The van der Waals surface area contributed by atoms with Gasteiger partial charge in [-0.2, -0.15) is 5.10 Å². The summed E-state index contributed by atoms with van der Waals surface area (Å²) < 4.78 is 1.55. The number of nitrogens with one attached hydrogen (secondary N) is 1. The van der Waals surface area contributed by atoms with Crippen LogP contribution in [-0.4, -0.2) is 33.3 Å². The Morgan fingerprint density at radius 3 is 2.65 bits per heavy atom. The normalized spacial score (nSPS) is 12.2. The molecule has 0 aliphatic heterocycles. The van der Waals surface area contributed by atoms with Crippen molar-refractivity contribution in [2.75, 3.05) is 6.54 Å². The first kappa shape index (κ1) is 13.2. The highest BCUT2D eigenvalue weighted by Crippen LogP contribution is 2.06. The summed E-state index contributed by atoms with van der Waals surface area (Å²) in [5, 5.41) is 15.5. The van der Waals surface area contributed by atoms with Gasteiger partial charge in [0.25, 0.3) is 5.91 Å². The van der Waals surface area contributed by atoms with Crippen LogP contribution in [0.4, 0.5) is 0 Å². The maximum absolute atomic E-state index is 11.8. The van der Waals surface area contributed by atoms with Gasteiger partial charge in [0.1, 0.15) is 0 Å². The molecule has 94 valence electrons. The highest BCUT2D eigenvalue weighted by Gasteiger charge is 2.18. The Labute approximate surface area is 99.6 Å². The molecule has 1 atom stereocenters. The number of hydrogen-bond acceptors (Lipinski definition) is 3. The molecule has 0 fully saturated rings. The number of carboxylic acid groups (broad SMARTS) is 1. The zero-order valence-corrected chi connectivity index (χ0v) is 10.2. The number of aryl methyl sites for hydroxylation is 2. The number of carbonyl (C=O) groups excluding carboxylic acids is 1. The van der Waals surface area contributed by atoms with Crippen LogP contribution in [0.5, 0.6) is 0 Å². The van der Waals surface area contributed by atoms with E-state index >= 15 is 0 Å². The average Bonchev–Trinajstić information content (AvgIpc) is 2.58. The molecular formula is C11H17N3O3. The Kier molecular flexibility index (Phi) is 4.25. The van der Waals surface area contributed by atoms with E-state index in [0.29, 0.717) is 17.7 Å². The number of rotatable bonds is 5. The van der Waals surface area contributed by atoms with Crippen LogP contribution in [0.15, 0.2) is 6.20 Å². The molecule has 1 amide bonds. The molecule has 2 N–H and O–H groups in total. The molecule has 0 radical (unpaired) electrons. The molecule has 0 spiro atoms. The van der Waals surface area contributed by atoms with Gasteiger partial charge in [-0.3, -0.25) is 14.3 Å². The summed E-state index contributed by atoms with van der Waals surface area (Å²) in [5.41, 5.74) is 1.11. The predicted molar refractivity (Wildman–Crippen MR) is 61.7 cm³/mol. The Morgan fingerprint density at radius 2 is 2.24 bits per heavy atom. The van der Waals surface area contributed by atoms with Crippen LogP contribution in [0, 0.1) is 12.8 Å². The average molecular weight is 239 g/mol. The van der Waals surface area contributed by atoms with Crippen LogP contribution in [-0.2, 0) is 11.8 Å². The fourth-order valence-electron chi connectivity index (χ4n) is 1.54. The molecule has 0 saturated carbocycles. The molecule has 1 rings (SSSR count). The fourth-order valence-corrected chi connectivity index (χ4v) is 1.54. The van der Waals surface area contributed by atoms with E-state index in [1.165, 1.54) is 0 Å². The molecule has 0 bridgehead atoms. The van der Waals surface area contributed by atoms with Crippen LogP contribution in [0.2, 0.25) is 0 Å². The lowest BCUT2D eigenvalue weighted by atomic mass is 10.1. The molecule has 0 aliphatic rings. The van der Waals surface area contributed by atoms with Gasteiger partial charge >= 0.3 is 5.97 Å². The van der Waals surface area contributed by atoms with Gasteiger partial charge in [0.15, 0.2) is 0 Å². The van der Waals surface area contributed by atoms with Crippen molar-refractivity contribution in [3.8, 4) is 0 Å². The summed E-state index contributed by atoms with van der Waals surface area (Å²) in [6.45, 7) is 3.66. The van der Waals surface area contributed by atoms with Gasteiger partial charge < -0.3 is 10.4 Å². The molecule has 17 heavy (non-hydrogen) atoms. The van der Waals surface area contributed by atoms with Crippen molar-refractivity contribution < 1.29 is 14.7 Å². The number of nitrogens with zero attached hydrogens (tertiary/aromatic N) is 2. The van der Waals surface area contributed by atoms with Crippen LogP contribution in [0.1, 0.15) is 29.4 Å². The minimum atomic E-state index is -0.893. The predicted octanol–water partition coefficient (Wildman–Crippen LogP) is 0.569. The summed E-state index contributed by atoms with van der Waals surface area (Å²) in [5.74, 6) is -1.72. The number of carbonyl (C=O) groups is 2. The molecule has 0 aliphatic carbocycles. The zero-order valence-electron chi connectivity index (χ0n) is 10.2. The monoisotopic (exact) mass is 239 g/mol.